The van der Waals surface area contributed by atoms with Crippen LogP contribution in [0.15, 0.2) is 18.5 Å². The topological polar surface area (TPSA) is 59.2 Å². The summed E-state index contributed by atoms with van der Waals surface area (Å²) in [5.41, 5.74) is 7.06. The predicted molar refractivity (Wildman–Crippen MR) is 59.6 cm³/mol. The highest BCUT2D eigenvalue weighted by molar-refractivity contribution is 5.94. The highest BCUT2D eigenvalue weighted by Crippen LogP contribution is 2.05. The number of aryl methyl sites for hydroxylation is 1. The SMILES string of the molecule is CCN(CCN)C(=O)c1cncc(C)c1. The molecule has 4 heteroatoms. The Balaban J connectivity index is 2.82. The first-order valence-electron chi connectivity index (χ1n) is 5.10. The maximum atomic E-state index is 11.9. The van der Waals surface area contributed by atoms with Gasteiger partial charge in [0.25, 0.3) is 5.91 Å². The van der Waals surface area contributed by atoms with Gasteiger partial charge in [0.15, 0.2) is 0 Å². The van der Waals surface area contributed by atoms with E-state index >= 15 is 0 Å². The first-order chi connectivity index (χ1) is 7.19. The average Bonchev–Trinajstić information content (AvgIpc) is 2.25. The van der Waals surface area contributed by atoms with Crippen molar-refractivity contribution in [2.75, 3.05) is 19.6 Å². The Labute approximate surface area is 90.1 Å². The van der Waals surface area contributed by atoms with E-state index in [1.165, 1.54) is 0 Å². The molecule has 0 radical (unpaired) electrons. The highest BCUT2D eigenvalue weighted by atomic mass is 16.2. The number of aromatic nitrogens is 1. The van der Waals surface area contributed by atoms with Crippen molar-refractivity contribution in [3.05, 3.63) is 29.6 Å². The number of hydrogen-bond acceptors (Lipinski definition) is 3. The van der Waals surface area contributed by atoms with Crippen molar-refractivity contribution < 1.29 is 4.79 Å². The molecule has 0 aliphatic carbocycles. The van der Waals surface area contributed by atoms with Gasteiger partial charge < -0.3 is 10.6 Å². The van der Waals surface area contributed by atoms with Gasteiger partial charge in [-0.1, -0.05) is 0 Å². The van der Waals surface area contributed by atoms with E-state index in [0.29, 0.717) is 25.2 Å². The average molecular weight is 207 g/mol. The second kappa shape index (κ2) is 5.46. The summed E-state index contributed by atoms with van der Waals surface area (Å²) in [5.74, 6) is -0.000787. The zero-order valence-electron chi connectivity index (χ0n) is 9.23. The van der Waals surface area contributed by atoms with Crippen LogP contribution < -0.4 is 5.73 Å². The summed E-state index contributed by atoms with van der Waals surface area (Å²) in [6.07, 6.45) is 3.32. The highest BCUT2D eigenvalue weighted by Gasteiger charge is 2.13. The van der Waals surface area contributed by atoms with Crippen molar-refractivity contribution in [1.82, 2.24) is 9.88 Å². The first-order valence-corrected chi connectivity index (χ1v) is 5.10. The number of nitrogens with zero attached hydrogens (tertiary/aromatic N) is 2. The lowest BCUT2D eigenvalue weighted by molar-refractivity contribution is 0.0768. The molecule has 1 aromatic rings. The Morgan fingerprint density at radius 3 is 2.80 bits per heavy atom. The molecule has 0 spiro atoms. The molecule has 0 saturated heterocycles. The molecule has 0 aliphatic rings. The third-order valence-corrected chi connectivity index (χ3v) is 2.19. The Morgan fingerprint density at radius 2 is 2.27 bits per heavy atom. The van der Waals surface area contributed by atoms with Crippen molar-refractivity contribution >= 4 is 5.91 Å². The fourth-order valence-corrected chi connectivity index (χ4v) is 1.41. The molecule has 0 saturated carbocycles. The van der Waals surface area contributed by atoms with E-state index < -0.39 is 0 Å². The van der Waals surface area contributed by atoms with Gasteiger partial charge in [-0.3, -0.25) is 9.78 Å². The molecule has 0 fully saturated rings. The molecule has 0 aromatic carbocycles. The number of carbonyl (C=O) groups excluding carboxylic acids is 1. The van der Waals surface area contributed by atoms with Crippen LogP contribution in [-0.2, 0) is 0 Å². The van der Waals surface area contributed by atoms with Crippen LogP contribution in [0.25, 0.3) is 0 Å². The van der Waals surface area contributed by atoms with E-state index in [4.69, 9.17) is 5.73 Å². The van der Waals surface area contributed by atoms with Crippen LogP contribution in [0.1, 0.15) is 22.8 Å². The Bertz CT molecular complexity index is 338. The number of carbonyl (C=O) groups is 1. The first kappa shape index (κ1) is 11.7. The summed E-state index contributed by atoms with van der Waals surface area (Å²) in [6.45, 7) is 5.60. The number of pyridine rings is 1. The minimum atomic E-state index is -0.000787. The fraction of sp³-hybridized carbons (Fsp3) is 0.455. The fourth-order valence-electron chi connectivity index (χ4n) is 1.41. The lowest BCUT2D eigenvalue weighted by Gasteiger charge is -2.19. The zero-order valence-corrected chi connectivity index (χ0v) is 9.23. The summed E-state index contributed by atoms with van der Waals surface area (Å²) in [5, 5.41) is 0. The van der Waals surface area contributed by atoms with E-state index in [1.54, 1.807) is 17.3 Å². The van der Waals surface area contributed by atoms with Gasteiger partial charge in [-0.2, -0.15) is 0 Å². The quantitative estimate of drug-likeness (QED) is 0.794. The van der Waals surface area contributed by atoms with Crippen LogP contribution >= 0.6 is 0 Å². The van der Waals surface area contributed by atoms with Gasteiger partial charge >= 0.3 is 0 Å². The van der Waals surface area contributed by atoms with Crippen LogP contribution in [0.3, 0.4) is 0 Å². The minimum Gasteiger partial charge on any atom is -0.338 e. The number of likely N-dealkylation sites (N-methyl/N-ethyl adjacent to an activating group) is 1. The third-order valence-electron chi connectivity index (χ3n) is 2.19. The van der Waals surface area contributed by atoms with Crippen molar-refractivity contribution in [1.29, 1.82) is 0 Å². The van der Waals surface area contributed by atoms with Crippen LogP contribution in [0, 0.1) is 6.92 Å². The number of nitrogens with two attached hydrogens (primary N) is 1. The summed E-state index contributed by atoms with van der Waals surface area (Å²) in [4.78, 5) is 17.7. The summed E-state index contributed by atoms with van der Waals surface area (Å²) in [6, 6.07) is 1.84. The monoisotopic (exact) mass is 207 g/mol. The standard InChI is InChI=1S/C11H17N3O/c1-3-14(5-4-12)11(15)10-6-9(2)7-13-8-10/h6-8H,3-5,12H2,1-2H3. The van der Waals surface area contributed by atoms with Gasteiger partial charge in [-0.05, 0) is 25.5 Å². The molecule has 2 N–H and O–H groups in total. The molecule has 1 aromatic heterocycles. The molecule has 1 heterocycles. The molecule has 1 amide bonds. The van der Waals surface area contributed by atoms with Crippen LogP contribution in [-0.4, -0.2) is 35.4 Å². The Kier molecular flexibility index (Phi) is 4.24. The van der Waals surface area contributed by atoms with E-state index in [0.717, 1.165) is 5.56 Å². The third kappa shape index (κ3) is 3.02. The maximum absolute atomic E-state index is 11.9. The van der Waals surface area contributed by atoms with Crippen LogP contribution in [0.2, 0.25) is 0 Å². The van der Waals surface area contributed by atoms with Gasteiger partial charge in [0.05, 0.1) is 5.56 Å². The smallest absolute Gasteiger partial charge is 0.255 e. The normalized spacial score (nSPS) is 10.1. The zero-order chi connectivity index (χ0) is 11.3. The van der Waals surface area contributed by atoms with E-state index in [1.807, 2.05) is 19.9 Å². The molecule has 0 bridgehead atoms. The predicted octanol–water partition coefficient (Wildman–Crippen LogP) is 0.811. The van der Waals surface area contributed by atoms with Crippen molar-refractivity contribution in [2.24, 2.45) is 5.73 Å². The summed E-state index contributed by atoms with van der Waals surface area (Å²) in [7, 11) is 0. The summed E-state index contributed by atoms with van der Waals surface area (Å²) < 4.78 is 0. The van der Waals surface area contributed by atoms with Gasteiger partial charge in [-0.15, -0.1) is 0 Å². The molecule has 4 nitrogen and oxygen atoms in total. The number of amides is 1. The summed E-state index contributed by atoms with van der Waals surface area (Å²) >= 11 is 0. The van der Waals surface area contributed by atoms with Gasteiger partial charge in [0, 0.05) is 32.0 Å². The molecule has 0 unspecified atom stereocenters. The van der Waals surface area contributed by atoms with Crippen LogP contribution in [0.5, 0.6) is 0 Å². The minimum absolute atomic E-state index is 0.000787. The van der Waals surface area contributed by atoms with Crippen LogP contribution in [0.4, 0.5) is 0 Å². The Morgan fingerprint density at radius 1 is 1.53 bits per heavy atom. The number of hydrogen-bond donors (Lipinski definition) is 1. The number of rotatable bonds is 4. The van der Waals surface area contributed by atoms with E-state index in [-0.39, 0.29) is 5.91 Å². The maximum Gasteiger partial charge on any atom is 0.255 e. The second-order valence-electron chi connectivity index (χ2n) is 3.42. The molecule has 1 rings (SSSR count). The van der Waals surface area contributed by atoms with E-state index in [9.17, 15) is 4.79 Å². The lowest BCUT2D eigenvalue weighted by Crippen LogP contribution is -2.35. The molecule has 82 valence electrons. The largest absolute Gasteiger partial charge is 0.338 e. The second-order valence-corrected chi connectivity index (χ2v) is 3.42. The van der Waals surface area contributed by atoms with Crippen molar-refractivity contribution in [3.63, 3.8) is 0 Å². The molecular formula is C11H17N3O. The molecule has 0 atom stereocenters. The molecular weight excluding hydrogens is 190 g/mol. The Hall–Kier alpha value is -1.42. The molecule has 0 aliphatic heterocycles. The van der Waals surface area contributed by atoms with Gasteiger partial charge in [0.1, 0.15) is 0 Å². The van der Waals surface area contributed by atoms with E-state index in [2.05, 4.69) is 4.98 Å². The van der Waals surface area contributed by atoms with Crippen molar-refractivity contribution in [3.8, 4) is 0 Å². The lowest BCUT2D eigenvalue weighted by atomic mass is 10.2. The molecule has 15 heavy (non-hydrogen) atoms. The van der Waals surface area contributed by atoms with Gasteiger partial charge in [0.2, 0.25) is 0 Å². The van der Waals surface area contributed by atoms with Gasteiger partial charge in [-0.25, -0.2) is 0 Å². The van der Waals surface area contributed by atoms with Crippen molar-refractivity contribution in [2.45, 2.75) is 13.8 Å².